The quantitative estimate of drug-likeness (QED) is 0.494. The highest BCUT2D eigenvalue weighted by atomic mass is 32.1. The van der Waals surface area contributed by atoms with E-state index in [-0.39, 0.29) is 11.7 Å². The fourth-order valence-corrected chi connectivity index (χ4v) is 6.02. The Balaban J connectivity index is 1.63. The maximum Gasteiger partial charge on any atom is 0.329 e. The summed E-state index contributed by atoms with van der Waals surface area (Å²) in [6, 6.07) is 14.1. The third-order valence-corrected chi connectivity index (χ3v) is 7.67. The molecule has 154 valence electrons. The molecule has 1 aliphatic carbocycles. The van der Waals surface area contributed by atoms with Crippen LogP contribution in [0.4, 0.5) is 0 Å². The number of imidazole rings is 1. The fraction of sp³-hybridized carbons (Fsp3) is 0.333. The van der Waals surface area contributed by atoms with Crippen molar-refractivity contribution >= 4 is 38.4 Å². The molecular formula is C24H24N2O3S. The van der Waals surface area contributed by atoms with Gasteiger partial charge in [-0.3, -0.25) is 13.9 Å². The van der Waals surface area contributed by atoms with Gasteiger partial charge in [-0.15, -0.1) is 11.3 Å². The Morgan fingerprint density at radius 3 is 2.70 bits per heavy atom. The summed E-state index contributed by atoms with van der Waals surface area (Å²) in [5.41, 5.74) is 3.34. The van der Waals surface area contributed by atoms with E-state index in [1.165, 1.54) is 15.6 Å². The molecule has 0 aliphatic heterocycles. The number of thiophene rings is 1. The Hall–Kier alpha value is -2.86. The van der Waals surface area contributed by atoms with Gasteiger partial charge in [0.15, 0.2) is 0 Å². The first-order valence-corrected chi connectivity index (χ1v) is 11.2. The lowest BCUT2D eigenvalue weighted by molar-refractivity contribution is -0.147. The number of fused-ring (bicyclic) bond motifs is 2. The van der Waals surface area contributed by atoms with Crippen molar-refractivity contribution in [1.82, 2.24) is 9.13 Å². The van der Waals surface area contributed by atoms with Gasteiger partial charge in [-0.2, -0.15) is 0 Å². The van der Waals surface area contributed by atoms with E-state index in [1.54, 1.807) is 18.3 Å². The average Bonchev–Trinajstić information content (AvgIpc) is 3.39. The zero-order valence-corrected chi connectivity index (χ0v) is 17.9. The van der Waals surface area contributed by atoms with Crippen molar-refractivity contribution < 1.29 is 9.90 Å². The first-order chi connectivity index (χ1) is 14.4. The summed E-state index contributed by atoms with van der Waals surface area (Å²) in [5, 5.41) is 13.0. The topological polar surface area (TPSA) is 64.2 Å². The highest BCUT2D eigenvalue weighted by molar-refractivity contribution is 7.17. The second kappa shape index (κ2) is 6.84. The van der Waals surface area contributed by atoms with E-state index in [2.05, 4.69) is 30.5 Å². The number of aliphatic carboxylic acids is 1. The van der Waals surface area contributed by atoms with E-state index in [4.69, 9.17) is 0 Å². The Bertz CT molecular complexity index is 1350. The Labute approximate surface area is 178 Å². The number of carboxylic acids is 1. The molecule has 0 unspecified atom stereocenters. The lowest BCUT2D eigenvalue weighted by atomic mass is 9.89. The molecule has 30 heavy (non-hydrogen) atoms. The largest absolute Gasteiger partial charge is 0.481 e. The van der Waals surface area contributed by atoms with E-state index in [1.807, 2.05) is 33.4 Å². The summed E-state index contributed by atoms with van der Waals surface area (Å²) in [7, 11) is 0. The number of carbonyl (C=O) groups is 1. The lowest BCUT2D eigenvalue weighted by Gasteiger charge is -2.18. The molecule has 2 aromatic heterocycles. The number of para-hydroxylation sites is 2. The summed E-state index contributed by atoms with van der Waals surface area (Å²) in [6.07, 6.45) is 1.78. The van der Waals surface area contributed by atoms with Gasteiger partial charge in [-0.1, -0.05) is 24.3 Å². The first-order valence-electron chi connectivity index (χ1n) is 10.3. The molecule has 2 atom stereocenters. The molecule has 2 heterocycles. The molecule has 5 nitrogen and oxygen atoms in total. The third-order valence-electron chi connectivity index (χ3n) is 6.68. The predicted octanol–water partition coefficient (Wildman–Crippen LogP) is 5.19. The number of aryl methyl sites for hydroxylation is 1. The maximum atomic E-state index is 13.6. The van der Waals surface area contributed by atoms with Gasteiger partial charge in [0.2, 0.25) is 0 Å². The highest BCUT2D eigenvalue weighted by Gasteiger charge is 2.43. The van der Waals surface area contributed by atoms with Crippen molar-refractivity contribution in [3.8, 4) is 0 Å². The number of benzene rings is 2. The molecule has 0 spiro atoms. The van der Waals surface area contributed by atoms with Crippen LogP contribution in [0.1, 0.15) is 43.4 Å². The van der Waals surface area contributed by atoms with Gasteiger partial charge in [-0.25, -0.2) is 4.79 Å². The van der Waals surface area contributed by atoms with E-state index >= 15 is 0 Å². The molecule has 1 saturated carbocycles. The zero-order chi connectivity index (χ0) is 21.0. The summed E-state index contributed by atoms with van der Waals surface area (Å²) in [4.78, 5) is 25.3. The van der Waals surface area contributed by atoms with Crippen LogP contribution in [0.2, 0.25) is 0 Å². The van der Waals surface area contributed by atoms with Crippen LogP contribution in [0.15, 0.2) is 52.6 Å². The third kappa shape index (κ3) is 2.82. The van der Waals surface area contributed by atoms with Crippen LogP contribution in [0.3, 0.4) is 0 Å². The molecule has 0 bridgehead atoms. The first kappa shape index (κ1) is 19.1. The minimum Gasteiger partial charge on any atom is -0.481 e. The van der Waals surface area contributed by atoms with Gasteiger partial charge >= 0.3 is 11.7 Å². The molecule has 0 saturated heterocycles. The maximum absolute atomic E-state index is 13.6. The molecule has 4 aromatic rings. The molecule has 5 rings (SSSR count). The van der Waals surface area contributed by atoms with E-state index in [0.717, 1.165) is 16.6 Å². The van der Waals surface area contributed by atoms with E-state index in [0.29, 0.717) is 25.8 Å². The van der Waals surface area contributed by atoms with Gasteiger partial charge in [0, 0.05) is 16.1 Å². The molecule has 0 radical (unpaired) electrons. The van der Waals surface area contributed by atoms with Crippen LogP contribution >= 0.6 is 11.3 Å². The van der Waals surface area contributed by atoms with Gasteiger partial charge in [0.25, 0.3) is 0 Å². The Morgan fingerprint density at radius 2 is 1.97 bits per heavy atom. The smallest absolute Gasteiger partial charge is 0.329 e. The number of rotatable bonds is 4. The summed E-state index contributed by atoms with van der Waals surface area (Å²) >= 11 is 1.71. The predicted molar refractivity (Wildman–Crippen MR) is 120 cm³/mol. The minimum atomic E-state index is -0.776. The summed E-state index contributed by atoms with van der Waals surface area (Å²) in [6.45, 7) is 4.41. The SMILES string of the molecule is Cc1cccc2scc(Cn3c(=O)n([C@H]4CC[C@@](C)(C(=O)O)C4)c4ccccc43)c12. The number of nitrogens with zero attached hydrogens (tertiary/aromatic N) is 2. The molecule has 0 amide bonds. The minimum absolute atomic E-state index is 0.0521. The van der Waals surface area contributed by atoms with Crippen molar-refractivity contribution in [1.29, 1.82) is 0 Å². The normalized spacial score (nSPS) is 21.6. The highest BCUT2D eigenvalue weighted by Crippen LogP contribution is 2.44. The monoisotopic (exact) mass is 420 g/mol. The van der Waals surface area contributed by atoms with Crippen LogP contribution < -0.4 is 5.69 Å². The molecular weight excluding hydrogens is 396 g/mol. The van der Waals surface area contributed by atoms with Gasteiger partial charge in [0.05, 0.1) is 23.0 Å². The summed E-state index contributed by atoms with van der Waals surface area (Å²) in [5.74, 6) is -0.776. The van der Waals surface area contributed by atoms with E-state index in [9.17, 15) is 14.7 Å². The second-order valence-corrected chi connectivity index (χ2v) is 9.61. The van der Waals surface area contributed by atoms with Crippen molar-refractivity contribution in [2.75, 3.05) is 0 Å². The van der Waals surface area contributed by atoms with Crippen molar-refractivity contribution in [3.05, 3.63) is 69.5 Å². The molecule has 6 heteroatoms. The zero-order valence-electron chi connectivity index (χ0n) is 17.1. The Kier molecular flexibility index (Phi) is 4.36. The standard InChI is InChI=1S/C24H24N2O3S/c1-15-6-5-9-20-21(15)16(14-30-20)13-25-18-7-3-4-8-19(18)26(23(25)29)17-10-11-24(2,12-17)22(27)28/h3-9,14,17H,10-13H2,1-2H3,(H,27,28)/t17-,24+/m0/s1. The van der Waals surface area contributed by atoms with Crippen LogP contribution in [0, 0.1) is 12.3 Å². The lowest BCUT2D eigenvalue weighted by Crippen LogP contribution is -2.29. The second-order valence-electron chi connectivity index (χ2n) is 8.70. The molecule has 1 aliphatic rings. The average molecular weight is 421 g/mol. The van der Waals surface area contributed by atoms with Gasteiger partial charge < -0.3 is 5.11 Å². The van der Waals surface area contributed by atoms with Crippen LogP contribution in [-0.4, -0.2) is 20.2 Å². The van der Waals surface area contributed by atoms with E-state index < -0.39 is 11.4 Å². The number of aromatic nitrogens is 2. The van der Waals surface area contributed by atoms with Crippen molar-refractivity contribution in [3.63, 3.8) is 0 Å². The number of hydrogen-bond donors (Lipinski definition) is 1. The van der Waals surface area contributed by atoms with Crippen LogP contribution in [-0.2, 0) is 11.3 Å². The van der Waals surface area contributed by atoms with Crippen molar-refractivity contribution in [2.24, 2.45) is 5.41 Å². The fourth-order valence-electron chi connectivity index (χ4n) is 4.99. The molecule has 1 N–H and O–H groups in total. The number of hydrogen-bond acceptors (Lipinski definition) is 3. The molecule has 2 aromatic carbocycles. The Morgan fingerprint density at radius 1 is 1.20 bits per heavy atom. The van der Waals surface area contributed by atoms with Crippen molar-refractivity contribution in [2.45, 2.75) is 45.7 Å². The van der Waals surface area contributed by atoms with Crippen LogP contribution in [0.25, 0.3) is 21.1 Å². The number of carboxylic acid groups (broad SMARTS) is 1. The van der Waals surface area contributed by atoms with Gasteiger partial charge in [0.1, 0.15) is 0 Å². The van der Waals surface area contributed by atoms with Crippen LogP contribution in [0.5, 0.6) is 0 Å². The summed E-state index contributed by atoms with van der Waals surface area (Å²) < 4.78 is 4.92. The molecule has 1 fully saturated rings. The van der Waals surface area contributed by atoms with Gasteiger partial charge in [-0.05, 0) is 67.8 Å².